The Balaban J connectivity index is 1.53. The summed E-state index contributed by atoms with van der Waals surface area (Å²) in [6.07, 6.45) is 9.85. The summed E-state index contributed by atoms with van der Waals surface area (Å²) in [6.45, 7) is 2.17. The second-order valence-electron chi connectivity index (χ2n) is 6.16. The molecule has 6 atom stereocenters. The molecule has 0 amide bonds. The molecule has 2 heteroatoms. The third-order valence-corrected chi connectivity index (χ3v) is 5.43. The molecule has 0 aromatic carbocycles. The van der Waals surface area contributed by atoms with E-state index in [2.05, 4.69) is 18.2 Å². The van der Waals surface area contributed by atoms with Crippen LogP contribution in [0.4, 0.5) is 0 Å². The fourth-order valence-electron chi connectivity index (χ4n) is 4.99. The van der Waals surface area contributed by atoms with E-state index in [-0.39, 0.29) is 5.97 Å². The van der Waals surface area contributed by atoms with Gasteiger partial charge in [-0.3, -0.25) is 4.79 Å². The Labute approximate surface area is 102 Å². The van der Waals surface area contributed by atoms with E-state index in [1.54, 1.807) is 5.57 Å². The zero-order valence-electron chi connectivity index (χ0n) is 10.1. The van der Waals surface area contributed by atoms with E-state index in [1.165, 1.54) is 19.8 Å². The Kier molecular flexibility index (Phi) is 1.89. The molecule has 0 aliphatic heterocycles. The number of hydrogen-bond donors (Lipinski definition) is 0. The monoisotopic (exact) mass is 230 g/mol. The summed E-state index contributed by atoms with van der Waals surface area (Å²) < 4.78 is 5.23. The van der Waals surface area contributed by atoms with Crippen LogP contribution in [0.25, 0.3) is 0 Å². The lowest BCUT2D eigenvalue weighted by atomic mass is 9.69. The van der Waals surface area contributed by atoms with E-state index in [4.69, 9.17) is 4.74 Å². The summed E-state index contributed by atoms with van der Waals surface area (Å²) in [7, 11) is 0. The van der Waals surface area contributed by atoms with E-state index in [1.807, 2.05) is 0 Å². The number of carbonyl (C=O) groups excluding carboxylic acids is 1. The molecule has 0 aromatic heterocycles. The van der Waals surface area contributed by atoms with Crippen molar-refractivity contribution in [2.24, 2.45) is 35.5 Å². The highest BCUT2D eigenvalue weighted by Gasteiger charge is 2.58. The summed E-state index contributed by atoms with van der Waals surface area (Å²) in [6, 6.07) is 0. The number of hydrogen-bond acceptors (Lipinski definition) is 2. The Morgan fingerprint density at radius 2 is 2.35 bits per heavy atom. The molecule has 4 aliphatic rings. The van der Waals surface area contributed by atoms with Crippen LogP contribution in [0, 0.1) is 35.5 Å². The lowest BCUT2D eigenvalue weighted by molar-refractivity contribution is -0.143. The van der Waals surface area contributed by atoms with Crippen LogP contribution in [0.15, 0.2) is 23.8 Å². The lowest BCUT2D eigenvalue weighted by Crippen LogP contribution is -2.32. The van der Waals surface area contributed by atoms with Crippen LogP contribution >= 0.6 is 0 Å². The molecule has 0 radical (unpaired) electrons. The Morgan fingerprint density at radius 1 is 1.47 bits per heavy atom. The maximum absolute atomic E-state index is 10.9. The molecular formula is C15H18O2. The van der Waals surface area contributed by atoms with Crippen LogP contribution in [0.3, 0.4) is 0 Å². The van der Waals surface area contributed by atoms with Crippen molar-refractivity contribution in [3.8, 4) is 0 Å². The third-order valence-electron chi connectivity index (χ3n) is 5.43. The molecule has 17 heavy (non-hydrogen) atoms. The summed E-state index contributed by atoms with van der Waals surface area (Å²) in [4.78, 5) is 10.9. The average Bonchev–Trinajstić information content (AvgIpc) is 3.03. The van der Waals surface area contributed by atoms with Gasteiger partial charge in [-0.25, -0.2) is 0 Å². The summed E-state index contributed by atoms with van der Waals surface area (Å²) in [5.74, 6) is 4.59. The topological polar surface area (TPSA) is 26.3 Å². The zero-order chi connectivity index (χ0) is 11.6. The third kappa shape index (κ3) is 1.24. The highest BCUT2D eigenvalue weighted by Crippen LogP contribution is 2.64. The van der Waals surface area contributed by atoms with E-state index in [0.717, 1.165) is 29.6 Å². The largest absolute Gasteiger partial charge is 0.466 e. The number of fused-ring (bicyclic) bond motifs is 8. The van der Waals surface area contributed by atoms with Gasteiger partial charge in [0.25, 0.3) is 0 Å². The van der Waals surface area contributed by atoms with Crippen molar-refractivity contribution < 1.29 is 9.53 Å². The summed E-state index contributed by atoms with van der Waals surface area (Å²) in [5, 5.41) is 0. The van der Waals surface area contributed by atoms with Crippen LogP contribution in [0.1, 0.15) is 19.8 Å². The first-order valence-corrected chi connectivity index (χ1v) is 6.77. The van der Waals surface area contributed by atoms with Crippen molar-refractivity contribution in [2.45, 2.75) is 19.8 Å². The van der Waals surface area contributed by atoms with Gasteiger partial charge in [-0.15, -0.1) is 0 Å². The molecular weight excluding hydrogens is 212 g/mol. The SMILES string of the molecule is CC(=O)OCC1CC2CC1C1C3=CC(C=C3)C21. The lowest BCUT2D eigenvalue weighted by Gasteiger charge is -2.36. The van der Waals surface area contributed by atoms with Crippen molar-refractivity contribution in [1.29, 1.82) is 0 Å². The molecule has 4 bridgehead atoms. The molecule has 0 spiro atoms. The van der Waals surface area contributed by atoms with Gasteiger partial charge in [-0.05, 0) is 53.9 Å². The van der Waals surface area contributed by atoms with Crippen molar-refractivity contribution in [2.75, 3.05) is 6.61 Å². The van der Waals surface area contributed by atoms with Crippen LogP contribution in [0.5, 0.6) is 0 Å². The average molecular weight is 230 g/mol. The first-order valence-electron chi connectivity index (χ1n) is 6.77. The van der Waals surface area contributed by atoms with Crippen LogP contribution < -0.4 is 0 Å². The Bertz CT molecular complexity index is 434. The van der Waals surface area contributed by atoms with Gasteiger partial charge in [0, 0.05) is 6.92 Å². The van der Waals surface area contributed by atoms with E-state index >= 15 is 0 Å². The van der Waals surface area contributed by atoms with Crippen molar-refractivity contribution in [3.63, 3.8) is 0 Å². The predicted octanol–water partition coefficient (Wildman–Crippen LogP) is 2.56. The fraction of sp³-hybridized carbons (Fsp3) is 0.667. The molecule has 4 rings (SSSR count). The standard InChI is InChI=1S/C15H18O2/c1-8(16)17-7-12-5-11-6-13(12)15-10-3-2-9(4-10)14(11)15/h2-4,9,11-15H,5-7H2,1H3. The highest BCUT2D eigenvalue weighted by atomic mass is 16.5. The maximum atomic E-state index is 10.9. The van der Waals surface area contributed by atoms with E-state index in [9.17, 15) is 4.79 Å². The number of ether oxygens (including phenoxy) is 1. The van der Waals surface area contributed by atoms with Gasteiger partial charge in [-0.2, -0.15) is 0 Å². The molecule has 90 valence electrons. The van der Waals surface area contributed by atoms with Gasteiger partial charge < -0.3 is 4.74 Å². The minimum Gasteiger partial charge on any atom is -0.466 e. The second kappa shape index (κ2) is 3.24. The van der Waals surface area contributed by atoms with Crippen molar-refractivity contribution in [1.82, 2.24) is 0 Å². The molecule has 2 saturated carbocycles. The number of allylic oxidation sites excluding steroid dienone is 4. The first kappa shape index (κ1) is 9.93. The molecule has 0 heterocycles. The zero-order valence-corrected chi connectivity index (χ0v) is 10.1. The quantitative estimate of drug-likeness (QED) is 0.681. The number of rotatable bonds is 2. The van der Waals surface area contributed by atoms with Gasteiger partial charge in [0.2, 0.25) is 0 Å². The molecule has 0 N–H and O–H groups in total. The van der Waals surface area contributed by atoms with Gasteiger partial charge >= 0.3 is 5.97 Å². The predicted molar refractivity (Wildman–Crippen MR) is 64.0 cm³/mol. The van der Waals surface area contributed by atoms with Gasteiger partial charge in [0.05, 0.1) is 6.61 Å². The molecule has 2 fully saturated rings. The Morgan fingerprint density at radius 3 is 3.18 bits per heavy atom. The minimum absolute atomic E-state index is 0.128. The number of esters is 1. The van der Waals surface area contributed by atoms with Gasteiger partial charge in [0.1, 0.15) is 0 Å². The summed E-state index contributed by atoms with van der Waals surface area (Å²) >= 11 is 0. The maximum Gasteiger partial charge on any atom is 0.302 e. The van der Waals surface area contributed by atoms with Crippen LogP contribution in [-0.4, -0.2) is 12.6 Å². The first-order chi connectivity index (χ1) is 8.24. The van der Waals surface area contributed by atoms with Gasteiger partial charge in [0.15, 0.2) is 0 Å². The highest BCUT2D eigenvalue weighted by molar-refractivity contribution is 5.65. The van der Waals surface area contributed by atoms with Crippen LogP contribution in [-0.2, 0) is 9.53 Å². The normalized spacial score (nSPS) is 48.4. The van der Waals surface area contributed by atoms with E-state index < -0.39 is 0 Å². The molecule has 0 saturated heterocycles. The molecule has 2 nitrogen and oxygen atoms in total. The fourth-order valence-corrected chi connectivity index (χ4v) is 4.99. The second-order valence-corrected chi connectivity index (χ2v) is 6.16. The molecule has 0 aromatic rings. The van der Waals surface area contributed by atoms with Gasteiger partial charge in [-0.1, -0.05) is 18.2 Å². The summed E-state index contributed by atoms with van der Waals surface area (Å²) in [5.41, 5.74) is 1.58. The molecule has 4 aliphatic carbocycles. The number of carbonyl (C=O) groups is 1. The Hall–Kier alpha value is -1.05. The molecule has 6 unspecified atom stereocenters. The van der Waals surface area contributed by atoms with E-state index in [0.29, 0.717) is 12.5 Å². The van der Waals surface area contributed by atoms with Crippen molar-refractivity contribution in [3.05, 3.63) is 23.8 Å². The smallest absolute Gasteiger partial charge is 0.302 e. The van der Waals surface area contributed by atoms with Crippen LogP contribution in [0.2, 0.25) is 0 Å². The minimum atomic E-state index is -0.128. The van der Waals surface area contributed by atoms with Crippen molar-refractivity contribution >= 4 is 5.97 Å².